The van der Waals surface area contributed by atoms with Crippen molar-refractivity contribution in [3.8, 4) is 0 Å². The second-order valence-electron chi connectivity index (χ2n) is 6.02. The zero-order chi connectivity index (χ0) is 16.6. The van der Waals surface area contributed by atoms with Crippen LogP contribution in [-0.4, -0.2) is 43.8 Å². The molecule has 8 heteroatoms. The van der Waals surface area contributed by atoms with E-state index in [0.29, 0.717) is 18.3 Å². The summed E-state index contributed by atoms with van der Waals surface area (Å²) < 4.78 is 6.83. The van der Waals surface area contributed by atoms with E-state index in [1.54, 1.807) is 11.6 Å². The van der Waals surface area contributed by atoms with Gasteiger partial charge < -0.3 is 9.84 Å². The van der Waals surface area contributed by atoms with E-state index < -0.39 is 0 Å². The lowest BCUT2D eigenvalue weighted by molar-refractivity contribution is -0.117. The van der Waals surface area contributed by atoms with Gasteiger partial charge >= 0.3 is 0 Å². The highest BCUT2D eigenvalue weighted by Gasteiger charge is 2.31. The van der Waals surface area contributed by atoms with Crippen molar-refractivity contribution < 1.29 is 9.32 Å². The normalized spacial score (nSPS) is 18.5. The van der Waals surface area contributed by atoms with Gasteiger partial charge in [0.05, 0.1) is 29.7 Å². The Morgan fingerprint density at radius 2 is 2.17 bits per heavy atom. The Kier molecular flexibility index (Phi) is 4.16. The number of rotatable bonds is 4. The number of amides is 1. The maximum Gasteiger partial charge on any atom is 0.238 e. The zero-order valence-electron chi connectivity index (χ0n) is 14.0. The summed E-state index contributed by atoms with van der Waals surface area (Å²) in [5, 5.41) is 11.3. The number of carbonyl (C=O) groups excluding carboxylic acids is 1. The van der Waals surface area contributed by atoms with Gasteiger partial charge in [-0.05, 0) is 33.2 Å². The van der Waals surface area contributed by atoms with Crippen molar-refractivity contribution in [1.29, 1.82) is 0 Å². The van der Waals surface area contributed by atoms with Gasteiger partial charge in [-0.1, -0.05) is 5.16 Å². The van der Waals surface area contributed by atoms with E-state index in [9.17, 15) is 4.79 Å². The van der Waals surface area contributed by atoms with E-state index in [-0.39, 0.29) is 11.9 Å². The van der Waals surface area contributed by atoms with Crippen LogP contribution in [0, 0.1) is 20.8 Å². The molecule has 1 aliphatic heterocycles. The second kappa shape index (κ2) is 6.11. The summed E-state index contributed by atoms with van der Waals surface area (Å²) in [6.45, 7) is 6.78. The van der Waals surface area contributed by atoms with Crippen molar-refractivity contribution in [3.63, 3.8) is 0 Å². The molecule has 2 aromatic rings. The molecule has 1 fully saturated rings. The fourth-order valence-corrected chi connectivity index (χ4v) is 3.08. The monoisotopic (exact) mass is 318 g/mol. The highest BCUT2D eigenvalue weighted by atomic mass is 16.5. The van der Waals surface area contributed by atoms with Gasteiger partial charge in [-0.25, -0.2) is 0 Å². The van der Waals surface area contributed by atoms with Crippen molar-refractivity contribution in [2.24, 2.45) is 7.05 Å². The van der Waals surface area contributed by atoms with Gasteiger partial charge in [0.25, 0.3) is 0 Å². The lowest BCUT2D eigenvalue weighted by Gasteiger charge is -2.21. The Morgan fingerprint density at radius 3 is 2.78 bits per heavy atom. The summed E-state index contributed by atoms with van der Waals surface area (Å²) in [6.07, 6.45) is 1.97. The van der Waals surface area contributed by atoms with Gasteiger partial charge in [0.1, 0.15) is 0 Å². The van der Waals surface area contributed by atoms with Crippen LogP contribution >= 0.6 is 0 Å². The molecule has 8 nitrogen and oxygen atoms in total. The Morgan fingerprint density at radius 1 is 1.39 bits per heavy atom. The molecule has 124 valence electrons. The summed E-state index contributed by atoms with van der Waals surface area (Å²) in [5.74, 6) is 1.18. The molecule has 1 N–H and O–H groups in total. The fraction of sp³-hybridized carbons (Fsp3) is 0.600. The van der Waals surface area contributed by atoms with Crippen LogP contribution in [0.4, 0.5) is 5.69 Å². The maximum atomic E-state index is 12.4. The van der Waals surface area contributed by atoms with Crippen molar-refractivity contribution in [2.75, 3.05) is 18.4 Å². The standard InChI is InChI=1S/C15H22N6O2/c1-9-14(10(2)20(4)18-9)17-13(22)8-21-7-5-6-12(21)15-16-11(3)23-19-15/h12H,5-8H2,1-4H3,(H,17,22)/t12-/m1/s1. The van der Waals surface area contributed by atoms with Gasteiger partial charge in [-0.2, -0.15) is 10.1 Å². The predicted octanol–water partition coefficient (Wildman–Crippen LogP) is 1.50. The largest absolute Gasteiger partial charge is 0.340 e. The Bertz CT molecular complexity index is 720. The molecule has 3 heterocycles. The molecule has 1 amide bonds. The number of hydrogen-bond donors (Lipinski definition) is 1. The van der Waals surface area contributed by atoms with Crippen LogP contribution in [0.5, 0.6) is 0 Å². The van der Waals surface area contributed by atoms with E-state index in [2.05, 4.69) is 25.5 Å². The second-order valence-corrected chi connectivity index (χ2v) is 6.02. The van der Waals surface area contributed by atoms with Crippen molar-refractivity contribution in [2.45, 2.75) is 39.7 Å². The summed E-state index contributed by atoms with van der Waals surface area (Å²) in [5.41, 5.74) is 2.57. The van der Waals surface area contributed by atoms with Crippen LogP contribution in [0.3, 0.4) is 0 Å². The lowest BCUT2D eigenvalue weighted by Crippen LogP contribution is -2.33. The predicted molar refractivity (Wildman–Crippen MR) is 83.9 cm³/mol. The first-order chi connectivity index (χ1) is 11.0. The van der Waals surface area contributed by atoms with Gasteiger partial charge in [0.15, 0.2) is 5.82 Å². The molecule has 0 unspecified atom stereocenters. The Hall–Kier alpha value is -2.22. The topological polar surface area (TPSA) is 89.1 Å². The van der Waals surface area contributed by atoms with Crippen LogP contribution in [0.15, 0.2) is 4.52 Å². The third kappa shape index (κ3) is 3.12. The molecule has 0 bridgehead atoms. The van der Waals surface area contributed by atoms with Crippen LogP contribution in [-0.2, 0) is 11.8 Å². The molecule has 1 aliphatic rings. The molecular formula is C15H22N6O2. The van der Waals surface area contributed by atoms with Crippen molar-refractivity contribution in [1.82, 2.24) is 24.8 Å². The number of carbonyl (C=O) groups is 1. The average Bonchev–Trinajstić information content (AvgIpc) is 3.16. The Labute approximate surface area is 134 Å². The van der Waals surface area contributed by atoms with Crippen molar-refractivity contribution in [3.05, 3.63) is 23.1 Å². The molecule has 0 aliphatic carbocycles. The number of hydrogen-bond acceptors (Lipinski definition) is 6. The maximum absolute atomic E-state index is 12.4. The summed E-state index contributed by atoms with van der Waals surface area (Å²) >= 11 is 0. The van der Waals surface area contributed by atoms with Gasteiger partial charge in [-0.3, -0.25) is 14.4 Å². The van der Waals surface area contributed by atoms with E-state index >= 15 is 0 Å². The lowest BCUT2D eigenvalue weighted by atomic mass is 10.2. The number of nitrogens with one attached hydrogen (secondary N) is 1. The molecule has 3 rings (SSSR count). The van der Waals surface area contributed by atoms with E-state index in [4.69, 9.17) is 4.52 Å². The summed E-state index contributed by atoms with van der Waals surface area (Å²) in [4.78, 5) is 18.8. The Balaban J connectivity index is 1.67. The quantitative estimate of drug-likeness (QED) is 0.919. The van der Waals surface area contributed by atoms with Crippen LogP contribution in [0.2, 0.25) is 0 Å². The van der Waals surface area contributed by atoms with Crippen molar-refractivity contribution >= 4 is 11.6 Å². The smallest absolute Gasteiger partial charge is 0.238 e. The molecule has 0 radical (unpaired) electrons. The van der Waals surface area contributed by atoms with E-state index in [1.165, 1.54) is 0 Å². The van der Waals surface area contributed by atoms with E-state index in [1.807, 2.05) is 20.9 Å². The number of aryl methyl sites for hydroxylation is 3. The number of nitrogens with zero attached hydrogens (tertiary/aromatic N) is 5. The molecule has 0 saturated carbocycles. The number of aromatic nitrogens is 4. The zero-order valence-corrected chi connectivity index (χ0v) is 14.0. The minimum absolute atomic E-state index is 0.0451. The minimum atomic E-state index is -0.0451. The number of likely N-dealkylation sites (tertiary alicyclic amines) is 1. The first-order valence-electron chi connectivity index (χ1n) is 7.80. The van der Waals surface area contributed by atoms with Crippen LogP contribution in [0.1, 0.15) is 42.0 Å². The highest BCUT2D eigenvalue weighted by Crippen LogP contribution is 2.29. The van der Waals surface area contributed by atoms with Gasteiger partial charge in [0, 0.05) is 14.0 Å². The summed E-state index contributed by atoms with van der Waals surface area (Å²) in [7, 11) is 1.87. The van der Waals surface area contributed by atoms with E-state index in [0.717, 1.165) is 36.5 Å². The SMILES string of the molecule is Cc1nc([C@H]2CCCN2CC(=O)Nc2c(C)nn(C)c2C)no1. The molecule has 2 aromatic heterocycles. The van der Waals surface area contributed by atoms with Gasteiger partial charge in [-0.15, -0.1) is 0 Å². The molecule has 0 aromatic carbocycles. The minimum Gasteiger partial charge on any atom is -0.340 e. The summed E-state index contributed by atoms with van der Waals surface area (Å²) in [6, 6.07) is 0.0503. The third-order valence-electron chi connectivity index (χ3n) is 4.33. The fourth-order valence-electron chi connectivity index (χ4n) is 3.08. The molecular weight excluding hydrogens is 296 g/mol. The van der Waals surface area contributed by atoms with Crippen LogP contribution < -0.4 is 5.32 Å². The van der Waals surface area contributed by atoms with Crippen LogP contribution in [0.25, 0.3) is 0 Å². The highest BCUT2D eigenvalue weighted by molar-refractivity contribution is 5.93. The third-order valence-corrected chi connectivity index (χ3v) is 4.33. The first-order valence-corrected chi connectivity index (χ1v) is 7.80. The first kappa shape index (κ1) is 15.7. The molecule has 0 spiro atoms. The number of anilines is 1. The average molecular weight is 318 g/mol. The molecule has 1 atom stereocenters. The molecule has 23 heavy (non-hydrogen) atoms. The van der Waals surface area contributed by atoms with Gasteiger partial charge in [0.2, 0.25) is 11.8 Å². The molecule has 1 saturated heterocycles.